The number of benzene rings is 1. The summed E-state index contributed by atoms with van der Waals surface area (Å²) in [5.41, 5.74) is 6.32. The lowest BCUT2D eigenvalue weighted by Gasteiger charge is -2.23. The first-order chi connectivity index (χ1) is 8.30. The summed E-state index contributed by atoms with van der Waals surface area (Å²) in [7, 11) is 0.763. The normalized spacial score (nSPS) is 12.8. The van der Waals surface area contributed by atoms with E-state index in [-0.39, 0.29) is 5.84 Å². The van der Waals surface area contributed by atoms with Crippen molar-refractivity contribution < 1.29 is 13.6 Å². The van der Waals surface area contributed by atoms with Gasteiger partial charge in [-0.15, -0.1) is 0 Å². The second kappa shape index (κ2) is 5.23. The maximum Gasteiger partial charge on any atom is 0.303 e. The molecule has 0 aromatic heterocycles. The molecule has 1 aromatic carbocycles. The van der Waals surface area contributed by atoms with Crippen molar-refractivity contribution in [3.8, 4) is 0 Å². The van der Waals surface area contributed by atoms with Crippen LogP contribution < -0.4 is 10.0 Å². The van der Waals surface area contributed by atoms with Crippen LogP contribution in [0.15, 0.2) is 29.4 Å². The third-order valence-electron chi connectivity index (χ3n) is 2.42. The predicted octanol–water partition coefficient (Wildman–Crippen LogP) is 0.0237. The SMILES string of the molecule is CN(C)S(=O)(=O)N(C)c1cccc(/C(N)=N/O)c1. The number of nitrogens with two attached hydrogens (primary N) is 1. The van der Waals surface area contributed by atoms with Gasteiger partial charge < -0.3 is 10.9 Å². The summed E-state index contributed by atoms with van der Waals surface area (Å²) in [5, 5.41) is 11.5. The van der Waals surface area contributed by atoms with Gasteiger partial charge in [0.1, 0.15) is 0 Å². The molecule has 0 fully saturated rings. The van der Waals surface area contributed by atoms with E-state index in [0.29, 0.717) is 11.3 Å². The standard InChI is InChI=1S/C10H16N4O3S/c1-13(2)18(16,17)14(3)9-6-4-5-8(7-9)10(11)12-15/h4-7,15H,1-3H3,(H2,11,12). The van der Waals surface area contributed by atoms with Crippen LogP contribution in [0.1, 0.15) is 5.56 Å². The number of hydrogen-bond acceptors (Lipinski definition) is 4. The molecule has 7 nitrogen and oxygen atoms in total. The van der Waals surface area contributed by atoms with Crippen molar-refractivity contribution in [2.45, 2.75) is 0 Å². The molecule has 100 valence electrons. The molecule has 0 aliphatic rings. The van der Waals surface area contributed by atoms with Crippen LogP contribution in [-0.4, -0.2) is 44.9 Å². The van der Waals surface area contributed by atoms with Gasteiger partial charge in [-0.25, -0.2) is 0 Å². The van der Waals surface area contributed by atoms with Crippen molar-refractivity contribution in [3.63, 3.8) is 0 Å². The summed E-state index contributed by atoms with van der Waals surface area (Å²) >= 11 is 0. The number of anilines is 1. The summed E-state index contributed by atoms with van der Waals surface area (Å²) in [6.07, 6.45) is 0. The Balaban J connectivity index is 3.20. The Morgan fingerprint density at radius 3 is 2.44 bits per heavy atom. The second-order valence-electron chi connectivity index (χ2n) is 3.79. The van der Waals surface area contributed by atoms with E-state index in [2.05, 4.69) is 5.16 Å². The lowest BCUT2D eigenvalue weighted by molar-refractivity contribution is 0.318. The van der Waals surface area contributed by atoms with E-state index in [1.54, 1.807) is 18.2 Å². The maximum absolute atomic E-state index is 11.9. The molecule has 1 rings (SSSR count). The van der Waals surface area contributed by atoms with Crippen LogP contribution in [0.4, 0.5) is 5.69 Å². The molecule has 0 unspecified atom stereocenters. The third kappa shape index (κ3) is 2.71. The summed E-state index contributed by atoms with van der Waals surface area (Å²) in [6, 6.07) is 6.39. The fourth-order valence-corrected chi connectivity index (χ4v) is 2.17. The number of oxime groups is 1. The topological polar surface area (TPSA) is 99.2 Å². The van der Waals surface area contributed by atoms with Crippen molar-refractivity contribution in [2.75, 3.05) is 25.4 Å². The molecular weight excluding hydrogens is 256 g/mol. The number of amidine groups is 1. The van der Waals surface area contributed by atoms with Crippen LogP contribution in [0.2, 0.25) is 0 Å². The van der Waals surface area contributed by atoms with Gasteiger partial charge in [-0.05, 0) is 12.1 Å². The molecule has 0 bridgehead atoms. The Labute approximate surface area is 106 Å². The van der Waals surface area contributed by atoms with Gasteiger partial charge in [0.25, 0.3) is 0 Å². The minimum absolute atomic E-state index is 0.0764. The molecule has 0 spiro atoms. The second-order valence-corrected chi connectivity index (χ2v) is 5.97. The third-order valence-corrected chi connectivity index (χ3v) is 4.25. The van der Waals surface area contributed by atoms with E-state index < -0.39 is 10.2 Å². The first-order valence-electron chi connectivity index (χ1n) is 5.05. The van der Waals surface area contributed by atoms with Gasteiger partial charge in [-0.1, -0.05) is 17.3 Å². The van der Waals surface area contributed by atoms with E-state index in [1.165, 1.54) is 27.2 Å². The highest BCUT2D eigenvalue weighted by atomic mass is 32.2. The summed E-state index contributed by atoms with van der Waals surface area (Å²) < 4.78 is 26.1. The molecule has 0 aliphatic carbocycles. The quantitative estimate of drug-likeness (QED) is 0.349. The Bertz CT molecular complexity index is 554. The van der Waals surface area contributed by atoms with Crippen molar-refractivity contribution in [1.82, 2.24) is 4.31 Å². The highest BCUT2D eigenvalue weighted by Crippen LogP contribution is 2.18. The maximum atomic E-state index is 11.9. The smallest absolute Gasteiger partial charge is 0.303 e. The molecule has 3 N–H and O–H groups in total. The summed E-state index contributed by atoms with van der Waals surface area (Å²) in [5.74, 6) is -0.0764. The van der Waals surface area contributed by atoms with Crippen LogP contribution >= 0.6 is 0 Å². The molecule has 0 atom stereocenters. The van der Waals surface area contributed by atoms with Crippen molar-refractivity contribution in [2.24, 2.45) is 10.9 Å². The van der Waals surface area contributed by atoms with Gasteiger partial charge in [0, 0.05) is 26.7 Å². The van der Waals surface area contributed by atoms with E-state index in [4.69, 9.17) is 10.9 Å². The molecule has 0 amide bonds. The van der Waals surface area contributed by atoms with Crippen LogP contribution in [-0.2, 0) is 10.2 Å². The predicted molar refractivity (Wildman–Crippen MR) is 70.0 cm³/mol. The van der Waals surface area contributed by atoms with Gasteiger partial charge >= 0.3 is 10.2 Å². The Hall–Kier alpha value is -1.80. The van der Waals surface area contributed by atoms with Gasteiger partial charge in [0.05, 0.1) is 5.69 Å². The molecule has 0 saturated carbocycles. The average Bonchev–Trinajstić information content (AvgIpc) is 2.36. The molecule has 1 aromatic rings. The minimum atomic E-state index is -3.56. The number of rotatable bonds is 4. The average molecular weight is 272 g/mol. The van der Waals surface area contributed by atoms with E-state index in [0.717, 1.165) is 8.61 Å². The molecule has 0 radical (unpaired) electrons. The highest BCUT2D eigenvalue weighted by Gasteiger charge is 2.21. The fraction of sp³-hybridized carbons (Fsp3) is 0.300. The van der Waals surface area contributed by atoms with E-state index in [1.807, 2.05) is 0 Å². The molecule has 0 heterocycles. The monoisotopic (exact) mass is 272 g/mol. The molecule has 0 aliphatic heterocycles. The lowest BCUT2D eigenvalue weighted by Crippen LogP contribution is -2.37. The highest BCUT2D eigenvalue weighted by molar-refractivity contribution is 7.90. The molecular formula is C10H16N4O3S. The van der Waals surface area contributed by atoms with Crippen molar-refractivity contribution in [1.29, 1.82) is 0 Å². The zero-order chi connectivity index (χ0) is 13.9. The van der Waals surface area contributed by atoms with Crippen molar-refractivity contribution >= 4 is 21.7 Å². The number of hydrogen-bond donors (Lipinski definition) is 2. The molecule has 0 saturated heterocycles. The largest absolute Gasteiger partial charge is 0.409 e. The fourth-order valence-electron chi connectivity index (χ4n) is 1.30. The van der Waals surface area contributed by atoms with Gasteiger partial charge in [-0.2, -0.15) is 12.7 Å². The molecule has 18 heavy (non-hydrogen) atoms. The van der Waals surface area contributed by atoms with Gasteiger partial charge in [0.15, 0.2) is 5.84 Å². The zero-order valence-corrected chi connectivity index (χ0v) is 11.2. The Morgan fingerprint density at radius 1 is 1.33 bits per heavy atom. The lowest BCUT2D eigenvalue weighted by atomic mass is 10.2. The van der Waals surface area contributed by atoms with E-state index >= 15 is 0 Å². The Morgan fingerprint density at radius 2 is 1.94 bits per heavy atom. The first kappa shape index (κ1) is 14.3. The summed E-state index contributed by atoms with van der Waals surface area (Å²) in [4.78, 5) is 0. The van der Waals surface area contributed by atoms with Crippen LogP contribution in [0.5, 0.6) is 0 Å². The zero-order valence-electron chi connectivity index (χ0n) is 10.4. The Kier molecular flexibility index (Phi) is 4.15. The number of nitrogens with zero attached hydrogens (tertiary/aromatic N) is 3. The van der Waals surface area contributed by atoms with Gasteiger partial charge in [0.2, 0.25) is 0 Å². The van der Waals surface area contributed by atoms with Crippen LogP contribution in [0.25, 0.3) is 0 Å². The minimum Gasteiger partial charge on any atom is -0.409 e. The van der Waals surface area contributed by atoms with E-state index in [9.17, 15) is 8.42 Å². The van der Waals surface area contributed by atoms with Crippen LogP contribution in [0, 0.1) is 0 Å². The van der Waals surface area contributed by atoms with Crippen molar-refractivity contribution in [3.05, 3.63) is 29.8 Å². The first-order valence-corrected chi connectivity index (χ1v) is 6.44. The summed E-state index contributed by atoms with van der Waals surface area (Å²) in [6.45, 7) is 0. The van der Waals surface area contributed by atoms with Gasteiger partial charge in [-0.3, -0.25) is 4.31 Å². The van der Waals surface area contributed by atoms with Crippen LogP contribution in [0.3, 0.4) is 0 Å². The molecule has 8 heteroatoms.